The second-order valence-electron chi connectivity index (χ2n) is 29.4. The van der Waals surface area contributed by atoms with Crippen molar-refractivity contribution in [2.45, 2.75) is 263 Å². The van der Waals surface area contributed by atoms with Crippen molar-refractivity contribution in [1.29, 1.82) is 0 Å². The van der Waals surface area contributed by atoms with Gasteiger partial charge in [-0.2, -0.15) is 0 Å². The molecule has 0 aliphatic carbocycles. The van der Waals surface area contributed by atoms with Gasteiger partial charge in [0.15, 0.2) is 8.32 Å². The molecule has 92 heavy (non-hydrogen) atoms. The Kier molecular flexibility index (Phi) is 30.2. The lowest BCUT2D eigenvalue weighted by molar-refractivity contribution is -0.169. The first-order valence-electron chi connectivity index (χ1n) is 33.4. The van der Waals surface area contributed by atoms with E-state index in [0.717, 1.165) is 0 Å². The summed E-state index contributed by atoms with van der Waals surface area (Å²) < 4.78 is 78.7. The smallest absolute Gasteiger partial charge is 0.465 e. The predicted molar refractivity (Wildman–Crippen MR) is 351 cm³/mol. The molecule has 4 heterocycles. The number of hydrogen-bond donors (Lipinski definition) is 0. The molecular formula is C64H114O23Si5. The maximum Gasteiger partial charge on any atom is 0.476 e. The summed E-state index contributed by atoms with van der Waals surface area (Å²) in [7, 11) is -14.9. The zero-order chi connectivity index (χ0) is 70.3. The van der Waals surface area contributed by atoms with Crippen molar-refractivity contribution >= 4 is 102 Å². The summed E-state index contributed by atoms with van der Waals surface area (Å²) in [4.78, 5) is 127. The van der Waals surface area contributed by atoms with E-state index in [1.165, 1.54) is 0 Å². The molecule has 2 bridgehead atoms. The van der Waals surface area contributed by atoms with Gasteiger partial charge in [0, 0.05) is 5.54 Å². The number of esters is 10. The van der Waals surface area contributed by atoms with E-state index in [9.17, 15) is 47.9 Å². The Morgan fingerprint density at radius 3 is 1.52 bits per heavy atom. The number of rotatable bonds is 17. The molecular weight excluding hydrogens is 1280 g/mol. The Balaban J connectivity index is 0.000000681. The molecule has 0 aromatic rings. The van der Waals surface area contributed by atoms with Crippen molar-refractivity contribution in [2.24, 2.45) is 44.8 Å². The van der Waals surface area contributed by atoms with Gasteiger partial charge in [-0.3, -0.25) is 47.9 Å². The minimum absolute atomic E-state index is 0.00151. The van der Waals surface area contributed by atoms with Crippen LogP contribution in [0.15, 0.2) is 0 Å². The number of carbonyl (C=O) groups is 10. The van der Waals surface area contributed by atoms with Crippen LogP contribution >= 0.6 is 0 Å². The van der Waals surface area contributed by atoms with Crippen LogP contribution in [0.25, 0.3) is 0 Å². The second kappa shape index (κ2) is 33.8. The van der Waals surface area contributed by atoms with E-state index in [0.29, 0.717) is 50.6 Å². The highest BCUT2D eigenvalue weighted by Crippen LogP contribution is 2.49. The first-order chi connectivity index (χ1) is 42.4. The zero-order valence-corrected chi connectivity index (χ0v) is 64.7. The number of cyclic esters (lactones) is 8. The molecule has 0 saturated carbocycles. The van der Waals surface area contributed by atoms with E-state index in [1.54, 1.807) is 48.5 Å². The van der Waals surface area contributed by atoms with Crippen LogP contribution in [0.4, 0.5) is 0 Å². The quantitative estimate of drug-likeness (QED) is 0.0430. The van der Waals surface area contributed by atoms with Crippen molar-refractivity contribution < 1.29 is 106 Å². The summed E-state index contributed by atoms with van der Waals surface area (Å²) in [5.74, 6) is -7.58. The maximum atomic E-state index is 14.0. The third kappa shape index (κ3) is 22.0. The van der Waals surface area contributed by atoms with Gasteiger partial charge < -0.3 is 58.5 Å². The highest BCUT2D eigenvalue weighted by molar-refractivity contribution is 6.96. The monoisotopic (exact) mass is 1390 g/mol. The molecule has 10 atom stereocenters. The fourth-order valence-corrected chi connectivity index (χ4v) is 39.8. The Labute approximate surface area is 553 Å². The normalized spacial score (nSPS) is 32.3. The number of ether oxygens (including phenoxy) is 8. The summed E-state index contributed by atoms with van der Waals surface area (Å²) in [5.41, 5.74) is -5.29. The van der Waals surface area contributed by atoms with E-state index < -0.39 is 141 Å². The van der Waals surface area contributed by atoms with Crippen LogP contribution in [0.3, 0.4) is 0 Å². The molecule has 4 aliphatic heterocycles. The van der Waals surface area contributed by atoms with Gasteiger partial charge in [0.1, 0.15) is 26.4 Å². The molecule has 4 fully saturated rings. The Morgan fingerprint density at radius 1 is 0.576 bits per heavy atom. The highest BCUT2D eigenvalue weighted by Gasteiger charge is 2.66. The Bertz CT molecular complexity index is 2600. The third-order valence-corrected chi connectivity index (χ3v) is 43.0. The van der Waals surface area contributed by atoms with Crippen LogP contribution in [-0.2, 0) is 106 Å². The molecule has 23 nitrogen and oxygen atoms in total. The average Bonchev–Trinajstić information content (AvgIpc) is 0.953. The minimum Gasteiger partial charge on any atom is -0.465 e. The first kappa shape index (κ1) is 82.2. The molecule has 10 unspecified atom stereocenters. The molecule has 4 aliphatic rings. The van der Waals surface area contributed by atoms with Crippen molar-refractivity contribution in [1.82, 2.24) is 0 Å². The molecule has 0 aromatic heterocycles. The van der Waals surface area contributed by atoms with Crippen LogP contribution in [0.1, 0.15) is 201 Å². The molecule has 0 aromatic carbocycles. The van der Waals surface area contributed by atoms with Gasteiger partial charge in [-0.05, 0) is 148 Å². The second-order valence-corrected chi connectivity index (χ2v) is 49.0. The highest BCUT2D eigenvalue weighted by atomic mass is 28.6. The molecule has 4 rings (SSSR count). The SMILES string of the molecule is CCC1(CC2(C)CC(C)C(=O)OCCC[Si]3(C)O[Si](C)(C(C)C)O[Si](C(C)C)(O3)O[Si](C)(C(C)C)O[Si](C)(C)CCCOC(=O)C(C)CC(C)(C)C(=O)OCCOC2=O)CC(=O)OC1=O.CCCC1(CC(C)C(=O)OCCOC(=O)C(C)(CC)CC)CC(=O)OC1=O. The molecule has 0 spiro atoms. The fraction of sp³-hybridized carbons (Fsp3) is 0.844. The Hall–Kier alpha value is -4.02. The fourth-order valence-electron chi connectivity index (χ4n) is 12.2. The van der Waals surface area contributed by atoms with E-state index >= 15 is 0 Å². The van der Waals surface area contributed by atoms with Crippen LogP contribution in [0, 0.1) is 44.8 Å². The molecule has 28 heteroatoms. The summed E-state index contributed by atoms with van der Waals surface area (Å²) >= 11 is 0. The van der Waals surface area contributed by atoms with Crippen molar-refractivity contribution in [2.75, 3.05) is 39.6 Å². The van der Waals surface area contributed by atoms with E-state index in [2.05, 4.69) is 67.7 Å². The first-order valence-corrected chi connectivity index (χ1v) is 45.6. The van der Waals surface area contributed by atoms with Crippen LogP contribution in [0.2, 0.25) is 61.4 Å². The van der Waals surface area contributed by atoms with E-state index in [-0.39, 0.29) is 107 Å². The largest absolute Gasteiger partial charge is 0.476 e. The summed E-state index contributed by atoms with van der Waals surface area (Å²) in [6.45, 7) is 42.1. The lowest BCUT2D eigenvalue weighted by Crippen LogP contribution is -2.74. The number of hydrogen-bond acceptors (Lipinski definition) is 23. The van der Waals surface area contributed by atoms with Gasteiger partial charge in [-0.15, -0.1) is 0 Å². The summed E-state index contributed by atoms with van der Waals surface area (Å²) in [6.07, 6.45) is 3.74. The molecule has 0 radical (unpaired) electrons. The topological polar surface area (TPSA) is 291 Å². The zero-order valence-electron chi connectivity index (χ0n) is 59.7. The van der Waals surface area contributed by atoms with Gasteiger partial charge in [0.25, 0.3) is 0 Å². The molecule has 4 saturated heterocycles. The summed E-state index contributed by atoms with van der Waals surface area (Å²) in [5, 5.41) is 0. The lowest BCUT2D eigenvalue weighted by Gasteiger charge is -2.55. The van der Waals surface area contributed by atoms with Crippen LogP contribution in [0.5, 0.6) is 0 Å². The molecule has 0 amide bonds. The van der Waals surface area contributed by atoms with Crippen LogP contribution < -0.4 is 0 Å². The van der Waals surface area contributed by atoms with Gasteiger partial charge in [0.2, 0.25) is 0 Å². The van der Waals surface area contributed by atoms with Gasteiger partial charge in [-0.1, -0.05) is 96.4 Å². The van der Waals surface area contributed by atoms with E-state index in [4.69, 9.17) is 58.5 Å². The third-order valence-electron chi connectivity index (χ3n) is 19.0. The van der Waals surface area contributed by atoms with Gasteiger partial charge >= 0.3 is 94.2 Å². The Morgan fingerprint density at radius 2 is 1.05 bits per heavy atom. The predicted octanol–water partition coefficient (Wildman–Crippen LogP) is 12.2. The van der Waals surface area contributed by atoms with E-state index in [1.807, 2.05) is 34.2 Å². The number of carbonyl (C=O) groups excluding carboxylic acids is 10. The molecule has 528 valence electrons. The average molecular weight is 1390 g/mol. The van der Waals surface area contributed by atoms with Crippen molar-refractivity contribution in [3.8, 4) is 0 Å². The van der Waals surface area contributed by atoms with Crippen molar-refractivity contribution in [3.63, 3.8) is 0 Å². The van der Waals surface area contributed by atoms with Crippen LogP contribution in [-0.4, -0.2) is 142 Å². The standard InChI is InChI=1S/C44H82O16Si5.C20H32O7/c1-18-44(29-36(45)55-41(44)50)30-43(12)28-35(9)38(47)52-22-20-26-62(15)57-64(17,32(4)5)60-65(58-62,33(6)7)59-63(16,31(2)3)56-61(13,14)25-19-21-51-37(46)34(8)27-42(10,11)39(48)53-23-24-54-40(43)49;1-6-9-20(13-15(21)27-18(20)24)12-14(4)16(22)25-10-11-26-17(23)19(5,7-2)8-3/h31-35H,18-30H2,1-17H3;14H,6-13H2,1-5H3. The number of fused-ring (bicyclic) bond motifs is 2. The minimum atomic E-state index is -3.51. The summed E-state index contributed by atoms with van der Waals surface area (Å²) in [6, 6.07) is 1.21. The van der Waals surface area contributed by atoms with Gasteiger partial charge in [-0.25, -0.2) is 0 Å². The van der Waals surface area contributed by atoms with Gasteiger partial charge in [0.05, 0.1) is 70.9 Å². The molecule has 0 N–H and O–H groups in total. The lowest BCUT2D eigenvalue weighted by atomic mass is 9.66. The van der Waals surface area contributed by atoms with Crippen molar-refractivity contribution in [3.05, 3.63) is 0 Å². The maximum absolute atomic E-state index is 14.0.